The van der Waals surface area contributed by atoms with Gasteiger partial charge in [-0.05, 0) is 23.8 Å². The van der Waals surface area contributed by atoms with Crippen LogP contribution in [0, 0.1) is 0 Å². The van der Waals surface area contributed by atoms with E-state index in [1.54, 1.807) is 31.5 Å². The van der Waals surface area contributed by atoms with Gasteiger partial charge in [0.25, 0.3) is 0 Å². The molecule has 1 aromatic carbocycles. The number of nitrogens with two attached hydrogens (primary N) is 1. The molecular weight excluding hydrogens is 248 g/mol. The van der Waals surface area contributed by atoms with Crippen molar-refractivity contribution in [2.45, 2.75) is 12.5 Å². The first-order valence-electron chi connectivity index (χ1n) is 5.68. The van der Waals surface area contributed by atoms with Crippen LogP contribution in [0.2, 0.25) is 0 Å². The lowest BCUT2D eigenvalue weighted by Crippen LogP contribution is -2.32. The highest BCUT2D eigenvalue weighted by molar-refractivity contribution is 5.90. The molecule has 0 bridgehead atoms. The number of aliphatic carboxylic acids is 1. The molecule has 0 spiro atoms. The number of rotatable bonds is 5. The lowest BCUT2D eigenvalue weighted by Gasteiger charge is -2.05. The molecule has 19 heavy (non-hydrogen) atoms. The van der Waals surface area contributed by atoms with Crippen LogP contribution in [-0.4, -0.2) is 35.2 Å². The molecule has 0 aliphatic carbocycles. The summed E-state index contributed by atoms with van der Waals surface area (Å²) >= 11 is 0. The molecule has 0 aliphatic rings. The summed E-state index contributed by atoms with van der Waals surface area (Å²) in [7, 11) is 1.54. The van der Waals surface area contributed by atoms with Crippen molar-refractivity contribution in [1.29, 1.82) is 0 Å². The van der Waals surface area contributed by atoms with Crippen molar-refractivity contribution in [2.75, 3.05) is 7.11 Å². The summed E-state index contributed by atoms with van der Waals surface area (Å²) < 4.78 is 6.53. The van der Waals surface area contributed by atoms with E-state index >= 15 is 0 Å². The lowest BCUT2D eigenvalue weighted by atomic mass is 10.1. The number of carboxylic acids is 1. The van der Waals surface area contributed by atoms with Gasteiger partial charge in [0.15, 0.2) is 0 Å². The first-order valence-corrected chi connectivity index (χ1v) is 5.68. The number of carbonyl (C=O) groups excluding carboxylic acids is 1. The Morgan fingerprint density at radius 1 is 1.58 bits per heavy atom. The van der Waals surface area contributed by atoms with Crippen LogP contribution in [0.15, 0.2) is 24.4 Å². The number of carbonyl (C=O) groups is 2. The van der Waals surface area contributed by atoms with Crippen molar-refractivity contribution in [3.8, 4) is 5.75 Å². The van der Waals surface area contributed by atoms with Crippen molar-refractivity contribution in [3.63, 3.8) is 0 Å². The summed E-state index contributed by atoms with van der Waals surface area (Å²) in [5.74, 6) is -0.434. The van der Waals surface area contributed by atoms with Crippen molar-refractivity contribution < 1.29 is 19.4 Å². The number of nitrogens with zero attached hydrogens (tertiary/aromatic N) is 1. The average Bonchev–Trinajstić information content (AvgIpc) is 2.75. The topological polar surface area (TPSA) is 94.5 Å². The number of methoxy groups -OCH3 is 1. The van der Waals surface area contributed by atoms with E-state index in [0.717, 1.165) is 5.39 Å². The van der Waals surface area contributed by atoms with E-state index in [4.69, 9.17) is 15.6 Å². The molecule has 1 atom stereocenters. The number of benzene rings is 1. The zero-order valence-electron chi connectivity index (χ0n) is 10.4. The minimum Gasteiger partial charge on any atom is -0.497 e. The van der Waals surface area contributed by atoms with Crippen molar-refractivity contribution in [3.05, 3.63) is 30.0 Å². The molecule has 0 aliphatic heterocycles. The molecule has 100 valence electrons. The fourth-order valence-corrected chi connectivity index (χ4v) is 2.01. The lowest BCUT2D eigenvalue weighted by molar-refractivity contribution is -0.138. The molecule has 6 heteroatoms. The van der Waals surface area contributed by atoms with E-state index in [2.05, 4.69) is 0 Å². The van der Waals surface area contributed by atoms with Gasteiger partial charge in [0.1, 0.15) is 11.8 Å². The molecule has 6 nitrogen and oxygen atoms in total. The molecule has 3 N–H and O–H groups in total. The highest BCUT2D eigenvalue weighted by atomic mass is 16.5. The fraction of sp³-hybridized carbons (Fsp3) is 0.231. The second kappa shape index (κ2) is 5.11. The van der Waals surface area contributed by atoms with E-state index in [0.29, 0.717) is 23.2 Å². The number of fused-ring (bicyclic) bond motifs is 1. The Hall–Kier alpha value is -2.34. The first-order chi connectivity index (χ1) is 9.06. The summed E-state index contributed by atoms with van der Waals surface area (Å²) in [6.45, 7) is 0. The maximum Gasteiger partial charge on any atom is 0.320 e. The van der Waals surface area contributed by atoms with E-state index in [9.17, 15) is 9.59 Å². The monoisotopic (exact) mass is 262 g/mol. The van der Waals surface area contributed by atoms with E-state index in [1.165, 1.54) is 4.57 Å². The molecule has 1 heterocycles. The van der Waals surface area contributed by atoms with Crippen molar-refractivity contribution in [1.82, 2.24) is 4.57 Å². The van der Waals surface area contributed by atoms with Gasteiger partial charge in [-0.1, -0.05) is 0 Å². The predicted octanol–water partition coefficient (Wildman–Crippen LogP) is 0.643. The molecule has 0 saturated heterocycles. The smallest absolute Gasteiger partial charge is 0.320 e. The summed E-state index contributed by atoms with van der Waals surface area (Å²) in [6.07, 6.45) is 2.42. The Bertz CT molecular complexity index is 633. The highest BCUT2D eigenvalue weighted by Gasteiger charge is 2.16. The van der Waals surface area contributed by atoms with Crippen LogP contribution in [0.3, 0.4) is 0 Å². The zero-order chi connectivity index (χ0) is 14.0. The van der Waals surface area contributed by atoms with Crippen molar-refractivity contribution >= 4 is 23.3 Å². The molecule has 0 fully saturated rings. The van der Waals surface area contributed by atoms with E-state index in [-0.39, 0.29) is 6.42 Å². The van der Waals surface area contributed by atoms with Gasteiger partial charge >= 0.3 is 5.97 Å². The highest BCUT2D eigenvalue weighted by Crippen LogP contribution is 2.26. The third-order valence-corrected chi connectivity index (χ3v) is 2.99. The Balaban J connectivity index is 2.52. The second-order valence-electron chi connectivity index (χ2n) is 4.20. The second-order valence-corrected chi connectivity index (χ2v) is 4.20. The molecule has 0 saturated carbocycles. The van der Waals surface area contributed by atoms with Crippen LogP contribution in [0.5, 0.6) is 5.75 Å². The van der Waals surface area contributed by atoms with Crippen LogP contribution in [0.25, 0.3) is 10.9 Å². The van der Waals surface area contributed by atoms with Crippen LogP contribution in [-0.2, 0) is 16.0 Å². The van der Waals surface area contributed by atoms with Gasteiger partial charge in [-0.2, -0.15) is 0 Å². The summed E-state index contributed by atoms with van der Waals surface area (Å²) in [4.78, 5) is 21.8. The summed E-state index contributed by atoms with van der Waals surface area (Å²) in [5, 5.41) is 9.62. The minimum atomic E-state index is -1.07. The maximum absolute atomic E-state index is 11.0. The molecule has 2 aromatic rings. The van der Waals surface area contributed by atoms with Gasteiger partial charge in [0.05, 0.1) is 12.6 Å². The van der Waals surface area contributed by atoms with E-state index in [1.807, 2.05) is 0 Å². The first kappa shape index (κ1) is 13.1. The van der Waals surface area contributed by atoms with Crippen LogP contribution in [0.4, 0.5) is 0 Å². The minimum absolute atomic E-state index is 0.153. The SMILES string of the molecule is COc1ccc2c(c1)c(CC(N)C(=O)O)cn2C=O. The number of hydrogen-bond donors (Lipinski definition) is 2. The van der Waals surface area contributed by atoms with Gasteiger partial charge in [-0.3, -0.25) is 14.2 Å². The molecule has 0 radical (unpaired) electrons. The third-order valence-electron chi connectivity index (χ3n) is 2.99. The number of ether oxygens (including phenoxy) is 1. The molecule has 0 amide bonds. The Labute approximate surface area is 109 Å². The van der Waals surface area contributed by atoms with E-state index < -0.39 is 12.0 Å². The van der Waals surface area contributed by atoms with Gasteiger partial charge in [-0.25, -0.2) is 0 Å². The zero-order valence-corrected chi connectivity index (χ0v) is 10.4. The molecule has 2 rings (SSSR count). The number of aromatic nitrogens is 1. The molecule has 1 aromatic heterocycles. The largest absolute Gasteiger partial charge is 0.497 e. The van der Waals surface area contributed by atoms with Gasteiger partial charge in [-0.15, -0.1) is 0 Å². The van der Waals surface area contributed by atoms with Crippen LogP contribution >= 0.6 is 0 Å². The standard InChI is InChI=1S/C13H14N2O4/c1-19-9-2-3-12-10(5-9)8(6-15(12)7-16)4-11(14)13(17)18/h2-3,5-7,11H,4,14H2,1H3,(H,17,18). The molecule has 1 unspecified atom stereocenters. The summed E-state index contributed by atoms with van der Waals surface area (Å²) in [6, 6.07) is 4.25. The van der Waals surface area contributed by atoms with Crippen LogP contribution in [0.1, 0.15) is 5.56 Å². The maximum atomic E-state index is 11.0. The Morgan fingerprint density at radius 3 is 2.89 bits per heavy atom. The Morgan fingerprint density at radius 2 is 2.32 bits per heavy atom. The quantitative estimate of drug-likeness (QED) is 0.771. The van der Waals surface area contributed by atoms with Crippen LogP contribution < -0.4 is 10.5 Å². The number of hydrogen-bond acceptors (Lipinski definition) is 4. The fourth-order valence-electron chi connectivity index (χ4n) is 2.01. The number of carboxylic acid groups (broad SMARTS) is 1. The Kier molecular flexibility index (Phi) is 3.52. The predicted molar refractivity (Wildman–Crippen MR) is 70.0 cm³/mol. The molecular formula is C13H14N2O4. The van der Waals surface area contributed by atoms with Gasteiger partial charge in [0.2, 0.25) is 6.41 Å². The average molecular weight is 262 g/mol. The third kappa shape index (κ3) is 2.43. The van der Waals surface area contributed by atoms with Gasteiger partial charge in [0, 0.05) is 18.0 Å². The summed E-state index contributed by atoms with van der Waals surface area (Å²) in [5.41, 5.74) is 6.93. The van der Waals surface area contributed by atoms with Gasteiger partial charge < -0.3 is 15.6 Å². The normalized spacial score (nSPS) is 12.3. The van der Waals surface area contributed by atoms with Crippen molar-refractivity contribution in [2.24, 2.45) is 5.73 Å².